The number of rotatable bonds is 7. The summed E-state index contributed by atoms with van der Waals surface area (Å²) in [5.41, 5.74) is 0.488. The van der Waals surface area contributed by atoms with Crippen molar-refractivity contribution in [3.8, 4) is 0 Å². The van der Waals surface area contributed by atoms with Crippen molar-refractivity contribution in [1.82, 2.24) is 0 Å². The zero-order chi connectivity index (χ0) is 18.7. The highest BCUT2D eigenvalue weighted by Crippen LogP contribution is 2.65. The van der Waals surface area contributed by atoms with Crippen molar-refractivity contribution in [3.05, 3.63) is 71.3 Å². The summed E-state index contributed by atoms with van der Waals surface area (Å²) in [5, 5.41) is -1.90. The average Bonchev–Trinajstić information content (AvgIpc) is 2.54. The van der Waals surface area contributed by atoms with E-state index in [9.17, 15) is 18.2 Å². The summed E-state index contributed by atoms with van der Waals surface area (Å²) in [6.45, 7) is 4.96. The zero-order valence-corrected chi connectivity index (χ0v) is 15.2. The standard InChI is InChI=1S/C18H21F2O4P/c1-4-23-25(21,22)18(24-13(2)3,14-5-9-16(19)10-6-14)15-7-11-17(20)12-8-15/h5-13H,4H2,1-3H3,(H,21,22). The molecule has 0 radical (unpaired) electrons. The van der Waals surface area contributed by atoms with E-state index in [4.69, 9.17) is 9.26 Å². The first-order valence-electron chi connectivity index (χ1n) is 7.90. The first kappa shape index (κ1) is 19.7. The normalized spacial score (nSPS) is 14.5. The van der Waals surface area contributed by atoms with Crippen LogP contribution in [0.5, 0.6) is 0 Å². The summed E-state index contributed by atoms with van der Waals surface area (Å²) in [7, 11) is -4.43. The summed E-state index contributed by atoms with van der Waals surface area (Å²) in [5.74, 6) is -0.990. The van der Waals surface area contributed by atoms with Crippen LogP contribution in [0.25, 0.3) is 0 Å². The van der Waals surface area contributed by atoms with Gasteiger partial charge in [-0.1, -0.05) is 24.3 Å². The van der Waals surface area contributed by atoms with Crippen molar-refractivity contribution in [1.29, 1.82) is 0 Å². The maximum absolute atomic E-state index is 13.4. The van der Waals surface area contributed by atoms with E-state index in [0.29, 0.717) is 0 Å². The second kappa shape index (κ2) is 7.75. The molecule has 0 bridgehead atoms. The monoisotopic (exact) mass is 370 g/mol. The maximum atomic E-state index is 13.4. The molecule has 2 aromatic rings. The van der Waals surface area contributed by atoms with Crippen LogP contribution in [0.15, 0.2) is 48.5 Å². The van der Waals surface area contributed by atoms with Crippen molar-refractivity contribution < 1.29 is 27.5 Å². The lowest BCUT2D eigenvalue weighted by Gasteiger charge is -2.38. The molecule has 0 heterocycles. The first-order chi connectivity index (χ1) is 11.7. The Hall–Kier alpha value is -1.59. The molecule has 0 saturated carbocycles. The van der Waals surface area contributed by atoms with E-state index in [1.807, 2.05) is 0 Å². The van der Waals surface area contributed by atoms with Gasteiger partial charge in [0.25, 0.3) is 0 Å². The first-order valence-corrected chi connectivity index (χ1v) is 9.48. The van der Waals surface area contributed by atoms with Gasteiger partial charge in [0.05, 0.1) is 12.7 Å². The average molecular weight is 370 g/mol. The zero-order valence-electron chi connectivity index (χ0n) is 14.3. The second-order valence-electron chi connectivity index (χ2n) is 5.76. The number of benzene rings is 2. The molecule has 25 heavy (non-hydrogen) atoms. The van der Waals surface area contributed by atoms with E-state index in [1.54, 1.807) is 20.8 Å². The van der Waals surface area contributed by atoms with Crippen molar-refractivity contribution in [2.24, 2.45) is 0 Å². The Morgan fingerprint density at radius 2 is 1.40 bits per heavy atom. The molecule has 2 rings (SSSR count). The molecule has 0 aliphatic carbocycles. The fourth-order valence-corrected chi connectivity index (χ4v) is 4.48. The third kappa shape index (κ3) is 3.98. The number of hydrogen-bond acceptors (Lipinski definition) is 3. The van der Waals surface area contributed by atoms with E-state index in [2.05, 4.69) is 0 Å². The highest BCUT2D eigenvalue weighted by molar-refractivity contribution is 7.54. The van der Waals surface area contributed by atoms with E-state index in [0.717, 1.165) is 0 Å². The highest BCUT2D eigenvalue weighted by atomic mass is 31.2. The second-order valence-corrected chi connectivity index (χ2v) is 7.69. The minimum atomic E-state index is -4.43. The minimum absolute atomic E-state index is 0.0284. The highest BCUT2D eigenvalue weighted by Gasteiger charge is 2.54. The molecule has 0 aliphatic heterocycles. The van der Waals surface area contributed by atoms with Gasteiger partial charge in [0, 0.05) is 11.1 Å². The van der Waals surface area contributed by atoms with E-state index < -0.39 is 30.7 Å². The van der Waals surface area contributed by atoms with Crippen molar-refractivity contribution in [2.45, 2.75) is 32.2 Å². The molecule has 1 unspecified atom stereocenters. The van der Waals surface area contributed by atoms with Crippen LogP contribution in [-0.4, -0.2) is 17.6 Å². The van der Waals surface area contributed by atoms with Gasteiger partial charge in [-0.2, -0.15) is 0 Å². The van der Waals surface area contributed by atoms with Crippen LogP contribution in [-0.2, 0) is 19.2 Å². The lowest BCUT2D eigenvalue weighted by Crippen LogP contribution is -2.35. The van der Waals surface area contributed by atoms with E-state index in [1.165, 1.54) is 48.5 Å². The van der Waals surface area contributed by atoms with E-state index in [-0.39, 0.29) is 17.7 Å². The van der Waals surface area contributed by atoms with Crippen molar-refractivity contribution in [2.75, 3.05) is 6.61 Å². The number of ether oxygens (including phenoxy) is 1. The molecule has 7 heteroatoms. The van der Waals surface area contributed by atoms with Crippen molar-refractivity contribution >= 4 is 7.60 Å². The SMILES string of the molecule is CCOP(=O)(O)C(OC(C)C)(c1ccc(F)cc1)c1ccc(F)cc1. The Morgan fingerprint density at radius 3 is 1.72 bits per heavy atom. The molecule has 0 aromatic heterocycles. The van der Waals surface area contributed by atoms with Gasteiger partial charge in [0.2, 0.25) is 5.34 Å². The fourth-order valence-electron chi connectivity index (χ4n) is 2.65. The Kier molecular flexibility index (Phi) is 6.12. The Bertz CT molecular complexity index is 699. The van der Waals surface area contributed by atoms with Crippen LogP contribution in [0.3, 0.4) is 0 Å². The van der Waals surface area contributed by atoms with Gasteiger partial charge < -0.3 is 14.2 Å². The molecular weight excluding hydrogens is 349 g/mol. The van der Waals surface area contributed by atoms with Crippen LogP contribution < -0.4 is 0 Å². The van der Waals surface area contributed by atoms with Gasteiger partial charge >= 0.3 is 7.60 Å². The smallest absolute Gasteiger partial charge is 0.351 e. The summed E-state index contributed by atoms with van der Waals surface area (Å²) in [6.07, 6.45) is -0.462. The fraction of sp³-hybridized carbons (Fsp3) is 0.333. The number of halogens is 2. The molecule has 0 saturated heterocycles. The van der Waals surface area contributed by atoms with E-state index >= 15 is 0 Å². The topological polar surface area (TPSA) is 55.8 Å². The Morgan fingerprint density at radius 1 is 1.00 bits per heavy atom. The quantitative estimate of drug-likeness (QED) is 0.711. The van der Waals surface area contributed by atoms with Gasteiger partial charge in [0.1, 0.15) is 11.6 Å². The van der Waals surface area contributed by atoms with Gasteiger partial charge in [-0.05, 0) is 45.0 Å². The third-order valence-corrected chi connectivity index (χ3v) is 5.61. The van der Waals surface area contributed by atoms with Crippen molar-refractivity contribution in [3.63, 3.8) is 0 Å². The number of hydrogen-bond donors (Lipinski definition) is 1. The van der Waals surface area contributed by atoms with Crippen LogP contribution in [0, 0.1) is 11.6 Å². The molecule has 0 aliphatic rings. The molecular formula is C18H21F2O4P. The molecule has 2 aromatic carbocycles. The molecule has 0 amide bonds. The van der Waals surface area contributed by atoms with Gasteiger partial charge in [-0.15, -0.1) is 0 Å². The van der Waals surface area contributed by atoms with Crippen LogP contribution in [0.4, 0.5) is 8.78 Å². The molecule has 0 fully saturated rings. The van der Waals surface area contributed by atoms with Gasteiger partial charge in [0.15, 0.2) is 0 Å². The van der Waals surface area contributed by atoms with Gasteiger partial charge in [-0.25, -0.2) is 8.78 Å². The molecule has 1 N–H and O–H groups in total. The minimum Gasteiger partial charge on any atom is -0.351 e. The Balaban J connectivity index is 2.79. The van der Waals surface area contributed by atoms with Gasteiger partial charge in [-0.3, -0.25) is 4.57 Å². The maximum Gasteiger partial charge on any atom is 0.368 e. The lowest BCUT2D eigenvalue weighted by molar-refractivity contribution is -0.0209. The molecule has 0 spiro atoms. The summed E-state index contributed by atoms with van der Waals surface area (Å²) < 4.78 is 51.0. The molecule has 1 atom stereocenters. The predicted molar refractivity (Wildman–Crippen MR) is 91.3 cm³/mol. The summed E-state index contributed by atoms with van der Waals surface area (Å²) in [4.78, 5) is 10.7. The van der Waals surface area contributed by atoms with Crippen LogP contribution in [0.1, 0.15) is 31.9 Å². The van der Waals surface area contributed by atoms with Crippen LogP contribution >= 0.6 is 7.60 Å². The lowest BCUT2D eigenvalue weighted by atomic mass is 10.00. The summed E-state index contributed by atoms with van der Waals surface area (Å²) in [6, 6.07) is 10.1. The Labute approximate surface area is 145 Å². The largest absolute Gasteiger partial charge is 0.368 e. The summed E-state index contributed by atoms with van der Waals surface area (Å²) >= 11 is 0. The van der Waals surface area contributed by atoms with Crippen LogP contribution in [0.2, 0.25) is 0 Å². The molecule has 4 nitrogen and oxygen atoms in total. The predicted octanol–water partition coefficient (Wildman–Crippen LogP) is 4.81. The third-order valence-electron chi connectivity index (χ3n) is 3.58. The molecule has 136 valence electrons.